The molecule has 0 aliphatic carbocycles. The molecule has 2 aromatic rings. The standard InChI is InChI=1S/C14H16FN3O/c1-10-3-4-13(15)12(9-10)14(19)16-7-5-11-6-8-17-18(11)2/h3-4,6,8-9H,5,7H2,1-2H3,(H,16,19). The highest BCUT2D eigenvalue weighted by Crippen LogP contribution is 2.09. The first-order valence-electron chi connectivity index (χ1n) is 6.09. The lowest BCUT2D eigenvalue weighted by Crippen LogP contribution is -2.27. The van der Waals surface area contributed by atoms with Gasteiger partial charge in [-0.15, -0.1) is 0 Å². The number of aromatic nitrogens is 2. The predicted molar refractivity (Wildman–Crippen MR) is 70.4 cm³/mol. The summed E-state index contributed by atoms with van der Waals surface area (Å²) >= 11 is 0. The molecule has 1 aromatic carbocycles. The Morgan fingerprint density at radius 2 is 2.21 bits per heavy atom. The van der Waals surface area contributed by atoms with Crippen molar-refractivity contribution < 1.29 is 9.18 Å². The van der Waals surface area contributed by atoms with E-state index in [0.717, 1.165) is 11.3 Å². The first kappa shape index (κ1) is 13.3. The van der Waals surface area contributed by atoms with Crippen LogP contribution in [0.2, 0.25) is 0 Å². The highest BCUT2D eigenvalue weighted by atomic mass is 19.1. The highest BCUT2D eigenvalue weighted by Gasteiger charge is 2.11. The van der Waals surface area contributed by atoms with Crippen LogP contribution in [0, 0.1) is 12.7 Å². The van der Waals surface area contributed by atoms with Gasteiger partial charge in [-0.2, -0.15) is 5.10 Å². The average Bonchev–Trinajstić information content (AvgIpc) is 2.78. The Balaban J connectivity index is 1.94. The molecule has 0 saturated carbocycles. The number of rotatable bonds is 4. The van der Waals surface area contributed by atoms with Crippen LogP contribution in [0.1, 0.15) is 21.6 Å². The van der Waals surface area contributed by atoms with Gasteiger partial charge in [0, 0.05) is 31.9 Å². The van der Waals surface area contributed by atoms with E-state index in [1.807, 2.05) is 20.0 Å². The SMILES string of the molecule is Cc1ccc(F)c(C(=O)NCCc2ccnn2C)c1. The topological polar surface area (TPSA) is 46.9 Å². The second-order valence-electron chi connectivity index (χ2n) is 4.44. The third-order valence-electron chi connectivity index (χ3n) is 2.96. The van der Waals surface area contributed by atoms with E-state index in [1.54, 1.807) is 23.0 Å². The van der Waals surface area contributed by atoms with E-state index in [0.29, 0.717) is 13.0 Å². The first-order valence-corrected chi connectivity index (χ1v) is 6.09. The summed E-state index contributed by atoms with van der Waals surface area (Å²) in [4.78, 5) is 11.9. The Bertz CT molecular complexity index is 592. The van der Waals surface area contributed by atoms with E-state index in [-0.39, 0.29) is 11.5 Å². The maximum atomic E-state index is 13.5. The van der Waals surface area contributed by atoms with E-state index >= 15 is 0 Å². The Labute approximate surface area is 111 Å². The molecule has 0 atom stereocenters. The number of carbonyl (C=O) groups is 1. The van der Waals surface area contributed by atoms with E-state index in [1.165, 1.54) is 6.07 Å². The summed E-state index contributed by atoms with van der Waals surface area (Å²) in [6.45, 7) is 2.28. The summed E-state index contributed by atoms with van der Waals surface area (Å²) in [6, 6.07) is 6.39. The number of hydrogen-bond donors (Lipinski definition) is 1. The molecule has 2 rings (SSSR count). The van der Waals surface area contributed by atoms with Crippen molar-refractivity contribution in [1.29, 1.82) is 0 Å². The molecule has 1 amide bonds. The van der Waals surface area contributed by atoms with Crippen molar-refractivity contribution in [3.05, 3.63) is 53.1 Å². The van der Waals surface area contributed by atoms with Crippen molar-refractivity contribution in [1.82, 2.24) is 15.1 Å². The Hall–Kier alpha value is -2.17. The van der Waals surface area contributed by atoms with Crippen LogP contribution in [0.25, 0.3) is 0 Å². The fourth-order valence-corrected chi connectivity index (χ4v) is 1.86. The van der Waals surface area contributed by atoms with Crippen LogP contribution in [-0.4, -0.2) is 22.2 Å². The lowest BCUT2D eigenvalue weighted by molar-refractivity contribution is 0.0950. The molecule has 4 nitrogen and oxygen atoms in total. The van der Waals surface area contributed by atoms with E-state index in [9.17, 15) is 9.18 Å². The van der Waals surface area contributed by atoms with Gasteiger partial charge in [0.1, 0.15) is 5.82 Å². The number of benzene rings is 1. The number of halogens is 1. The van der Waals surface area contributed by atoms with E-state index < -0.39 is 5.82 Å². The van der Waals surface area contributed by atoms with Crippen LogP contribution in [0.4, 0.5) is 4.39 Å². The summed E-state index contributed by atoms with van der Waals surface area (Å²) in [5, 5.41) is 6.75. The molecule has 0 saturated heterocycles. The molecular formula is C14H16FN3O. The van der Waals surface area contributed by atoms with Gasteiger partial charge in [-0.1, -0.05) is 11.6 Å². The summed E-state index contributed by atoms with van der Waals surface area (Å²) in [6.07, 6.45) is 2.37. The molecule has 19 heavy (non-hydrogen) atoms. The molecule has 0 radical (unpaired) electrons. The van der Waals surface area contributed by atoms with Crippen molar-refractivity contribution in [2.45, 2.75) is 13.3 Å². The van der Waals surface area contributed by atoms with E-state index in [4.69, 9.17) is 0 Å². The minimum Gasteiger partial charge on any atom is -0.352 e. The summed E-state index contributed by atoms with van der Waals surface area (Å²) in [5.41, 5.74) is 1.97. The quantitative estimate of drug-likeness (QED) is 0.913. The van der Waals surface area contributed by atoms with Crippen molar-refractivity contribution in [2.24, 2.45) is 7.05 Å². The Morgan fingerprint density at radius 3 is 2.89 bits per heavy atom. The van der Waals surface area contributed by atoms with Crippen LogP contribution < -0.4 is 5.32 Å². The third kappa shape index (κ3) is 3.19. The third-order valence-corrected chi connectivity index (χ3v) is 2.96. The lowest BCUT2D eigenvalue weighted by atomic mass is 10.1. The van der Waals surface area contributed by atoms with Crippen LogP contribution in [-0.2, 0) is 13.5 Å². The van der Waals surface area contributed by atoms with Gasteiger partial charge >= 0.3 is 0 Å². The van der Waals surface area contributed by atoms with Crippen LogP contribution in [0.15, 0.2) is 30.5 Å². The largest absolute Gasteiger partial charge is 0.352 e. The lowest BCUT2D eigenvalue weighted by Gasteiger charge is -2.07. The molecule has 0 bridgehead atoms. The summed E-state index contributed by atoms with van der Waals surface area (Å²) < 4.78 is 15.3. The molecule has 0 aliphatic heterocycles. The predicted octanol–water partition coefficient (Wildman–Crippen LogP) is 1.84. The van der Waals surface area contributed by atoms with Gasteiger partial charge in [0.05, 0.1) is 5.56 Å². The maximum Gasteiger partial charge on any atom is 0.254 e. The second-order valence-corrected chi connectivity index (χ2v) is 4.44. The minimum atomic E-state index is -0.497. The Kier molecular flexibility index (Phi) is 3.94. The zero-order valence-electron chi connectivity index (χ0n) is 11.0. The molecule has 1 heterocycles. The number of nitrogens with zero attached hydrogens (tertiary/aromatic N) is 2. The molecule has 100 valence electrons. The van der Waals surface area contributed by atoms with Gasteiger partial charge in [0.2, 0.25) is 0 Å². The summed E-state index contributed by atoms with van der Waals surface area (Å²) in [7, 11) is 1.84. The molecule has 1 N–H and O–H groups in total. The molecule has 5 heteroatoms. The van der Waals surface area contributed by atoms with Gasteiger partial charge < -0.3 is 5.32 Å². The van der Waals surface area contributed by atoms with Gasteiger partial charge in [-0.3, -0.25) is 9.48 Å². The van der Waals surface area contributed by atoms with Crippen LogP contribution in [0.3, 0.4) is 0 Å². The molecular weight excluding hydrogens is 245 g/mol. The number of nitrogens with one attached hydrogen (secondary N) is 1. The Morgan fingerprint density at radius 1 is 1.42 bits per heavy atom. The molecule has 0 aliphatic rings. The number of aryl methyl sites for hydroxylation is 2. The zero-order valence-corrected chi connectivity index (χ0v) is 11.0. The van der Waals surface area contributed by atoms with Crippen molar-refractivity contribution in [3.63, 3.8) is 0 Å². The number of carbonyl (C=O) groups excluding carboxylic acids is 1. The first-order chi connectivity index (χ1) is 9.08. The molecule has 1 aromatic heterocycles. The van der Waals surface area contributed by atoms with Crippen molar-refractivity contribution in [3.8, 4) is 0 Å². The van der Waals surface area contributed by atoms with Crippen molar-refractivity contribution >= 4 is 5.91 Å². The van der Waals surface area contributed by atoms with Gasteiger partial charge in [0.25, 0.3) is 5.91 Å². The van der Waals surface area contributed by atoms with Gasteiger partial charge in [0.15, 0.2) is 0 Å². The monoisotopic (exact) mass is 261 g/mol. The highest BCUT2D eigenvalue weighted by molar-refractivity contribution is 5.94. The molecule has 0 unspecified atom stereocenters. The molecule has 0 fully saturated rings. The number of hydrogen-bond acceptors (Lipinski definition) is 2. The van der Waals surface area contributed by atoms with Crippen LogP contribution >= 0.6 is 0 Å². The van der Waals surface area contributed by atoms with E-state index in [2.05, 4.69) is 10.4 Å². The normalized spacial score (nSPS) is 10.5. The average molecular weight is 261 g/mol. The van der Waals surface area contributed by atoms with Crippen molar-refractivity contribution in [2.75, 3.05) is 6.54 Å². The fourth-order valence-electron chi connectivity index (χ4n) is 1.86. The number of amides is 1. The maximum absolute atomic E-state index is 13.5. The summed E-state index contributed by atoms with van der Waals surface area (Å²) in [5.74, 6) is -0.882. The smallest absolute Gasteiger partial charge is 0.254 e. The van der Waals surface area contributed by atoms with Gasteiger partial charge in [-0.05, 0) is 25.1 Å². The van der Waals surface area contributed by atoms with Crippen LogP contribution in [0.5, 0.6) is 0 Å². The fraction of sp³-hybridized carbons (Fsp3) is 0.286. The zero-order chi connectivity index (χ0) is 13.8. The molecule has 0 spiro atoms. The minimum absolute atomic E-state index is 0.0880. The second kappa shape index (κ2) is 5.65. The van der Waals surface area contributed by atoms with Gasteiger partial charge in [-0.25, -0.2) is 4.39 Å².